The standard InChI is InChI=1S/C12H12Cl2O3/c1-7(5-11(15)17-2)12(16)9-4-3-8(13)6-10(9)14/h3-4,6-7H,5H2,1-2H3. The lowest BCUT2D eigenvalue weighted by Gasteiger charge is -2.10. The van der Waals surface area contributed by atoms with Crippen LogP contribution < -0.4 is 0 Å². The monoisotopic (exact) mass is 274 g/mol. The van der Waals surface area contributed by atoms with Gasteiger partial charge < -0.3 is 4.74 Å². The van der Waals surface area contributed by atoms with Crippen LogP contribution in [-0.4, -0.2) is 18.9 Å². The maximum absolute atomic E-state index is 12.0. The number of hydrogen-bond acceptors (Lipinski definition) is 3. The van der Waals surface area contributed by atoms with E-state index in [0.29, 0.717) is 15.6 Å². The van der Waals surface area contributed by atoms with Gasteiger partial charge in [-0.25, -0.2) is 0 Å². The van der Waals surface area contributed by atoms with E-state index in [1.807, 2.05) is 0 Å². The number of carbonyl (C=O) groups excluding carboxylic acids is 2. The average molecular weight is 275 g/mol. The van der Waals surface area contributed by atoms with Crippen molar-refractivity contribution in [3.63, 3.8) is 0 Å². The molecule has 0 saturated heterocycles. The number of Topliss-reactive ketones (excluding diaryl/α,β-unsaturated/α-hetero) is 1. The van der Waals surface area contributed by atoms with Crippen molar-refractivity contribution in [1.29, 1.82) is 0 Å². The fraction of sp³-hybridized carbons (Fsp3) is 0.333. The van der Waals surface area contributed by atoms with Crippen LogP contribution in [0.2, 0.25) is 10.0 Å². The van der Waals surface area contributed by atoms with E-state index < -0.39 is 11.9 Å². The van der Waals surface area contributed by atoms with Gasteiger partial charge in [-0.15, -0.1) is 0 Å². The summed E-state index contributed by atoms with van der Waals surface area (Å²) in [5.74, 6) is -1.09. The molecule has 1 aromatic carbocycles. The van der Waals surface area contributed by atoms with Gasteiger partial charge in [-0.1, -0.05) is 30.1 Å². The van der Waals surface area contributed by atoms with Gasteiger partial charge in [0.2, 0.25) is 0 Å². The Hall–Kier alpha value is -1.06. The minimum Gasteiger partial charge on any atom is -0.469 e. The maximum Gasteiger partial charge on any atom is 0.306 e. The number of ether oxygens (including phenoxy) is 1. The van der Waals surface area contributed by atoms with Crippen molar-refractivity contribution in [3.05, 3.63) is 33.8 Å². The molecule has 0 radical (unpaired) electrons. The number of rotatable bonds is 4. The summed E-state index contributed by atoms with van der Waals surface area (Å²) < 4.78 is 4.51. The van der Waals surface area contributed by atoms with E-state index in [-0.39, 0.29) is 12.2 Å². The van der Waals surface area contributed by atoms with E-state index in [4.69, 9.17) is 23.2 Å². The highest BCUT2D eigenvalue weighted by atomic mass is 35.5. The Balaban J connectivity index is 2.85. The molecule has 5 heteroatoms. The van der Waals surface area contributed by atoms with E-state index in [1.165, 1.54) is 13.2 Å². The lowest BCUT2D eigenvalue weighted by molar-refractivity contribution is -0.141. The first-order valence-corrected chi connectivity index (χ1v) is 5.77. The highest BCUT2D eigenvalue weighted by Crippen LogP contribution is 2.24. The first-order valence-electron chi connectivity index (χ1n) is 5.01. The summed E-state index contributed by atoms with van der Waals surface area (Å²) >= 11 is 11.7. The second-order valence-electron chi connectivity index (χ2n) is 3.67. The molecule has 1 atom stereocenters. The van der Waals surface area contributed by atoms with Crippen LogP contribution in [0.5, 0.6) is 0 Å². The van der Waals surface area contributed by atoms with Gasteiger partial charge in [0.05, 0.1) is 18.6 Å². The minimum atomic E-state index is -0.471. The second kappa shape index (κ2) is 6.03. The first kappa shape index (κ1) is 14.0. The Morgan fingerprint density at radius 3 is 2.53 bits per heavy atom. The molecule has 1 unspecified atom stereocenters. The second-order valence-corrected chi connectivity index (χ2v) is 4.51. The van der Waals surface area contributed by atoms with E-state index >= 15 is 0 Å². The summed E-state index contributed by atoms with van der Waals surface area (Å²) in [6.45, 7) is 1.66. The Bertz CT molecular complexity index is 443. The van der Waals surface area contributed by atoms with Crippen LogP contribution in [0.25, 0.3) is 0 Å². The van der Waals surface area contributed by atoms with Crippen molar-refractivity contribution in [2.24, 2.45) is 5.92 Å². The van der Waals surface area contributed by atoms with Crippen LogP contribution in [0.4, 0.5) is 0 Å². The van der Waals surface area contributed by atoms with Crippen LogP contribution in [-0.2, 0) is 9.53 Å². The summed E-state index contributed by atoms with van der Waals surface area (Å²) in [6.07, 6.45) is 0.0360. The molecule has 0 heterocycles. The lowest BCUT2D eigenvalue weighted by Crippen LogP contribution is -2.16. The molecule has 3 nitrogen and oxygen atoms in total. The molecular weight excluding hydrogens is 263 g/mol. The number of benzene rings is 1. The van der Waals surface area contributed by atoms with Crippen LogP contribution in [0.1, 0.15) is 23.7 Å². The number of hydrogen-bond donors (Lipinski definition) is 0. The number of ketones is 1. The highest BCUT2D eigenvalue weighted by Gasteiger charge is 2.21. The Morgan fingerprint density at radius 1 is 1.35 bits per heavy atom. The SMILES string of the molecule is COC(=O)CC(C)C(=O)c1ccc(Cl)cc1Cl. The molecule has 1 aromatic rings. The van der Waals surface area contributed by atoms with Crippen LogP contribution in [0.15, 0.2) is 18.2 Å². The molecule has 0 spiro atoms. The van der Waals surface area contributed by atoms with E-state index in [1.54, 1.807) is 19.1 Å². The first-order chi connectivity index (χ1) is 7.95. The predicted molar refractivity (Wildman–Crippen MR) is 66.6 cm³/mol. The third kappa shape index (κ3) is 3.72. The molecule has 92 valence electrons. The van der Waals surface area contributed by atoms with E-state index in [9.17, 15) is 9.59 Å². The molecular formula is C12H12Cl2O3. The van der Waals surface area contributed by atoms with Crippen molar-refractivity contribution in [3.8, 4) is 0 Å². The van der Waals surface area contributed by atoms with Crippen molar-refractivity contribution in [1.82, 2.24) is 0 Å². The minimum absolute atomic E-state index is 0.0360. The Kier molecular flexibility index (Phi) is 4.97. The lowest BCUT2D eigenvalue weighted by atomic mass is 9.96. The van der Waals surface area contributed by atoms with Gasteiger partial charge in [0.25, 0.3) is 0 Å². The molecule has 17 heavy (non-hydrogen) atoms. The fourth-order valence-electron chi connectivity index (χ4n) is 1.38. The van der Waals surface area contributed by atoms with Crippen molar-refractivity contribution in [2.45, 2.75) is 13.3 Å². The summed E-state index contributed by atoms with van der Waals surface area (Å²) in [5.41, 5.74) is 0.368. The third-order valence-electron chi connectivity index (χ3n) is 2.34. The normalized spacial score (nSPS) is 12.0. The zero-order valence-electron chi connectivity index (χ0n) is 9.50. The average Bonchev–Trinajstić information content (AvgIpc) is 2.28. The van der Waals surface area contributed by atoms with Gasteiger partial charge in [-0.2, -0.15) is 0 Å². The van der Waals surface area contributed by atoms with Gasteiger partial charge in [0.15, 0.2) is 5.78 Å². The number of carbonyl (C=O) groups is 2. The molecule has 0 fully saturated rings. The zero-order valence-corrected chi connectivity index (χ0v) is 11.0. The van der Waals surface area contributed by atoms with E-state index in [2.05, 4.69) is 4.74 Å². The van der Waals surface area contributed by atoms with Gasteiger partial charge in [-0.05, 0) is 18.2 Å². The third-order valence-corrected chi connectivity index (χ3v) is 2.89. The van der Waals surface area contributed by atoms with Gasteiger partial charge >= 0.3 is 5.97 Å². The molecule has 0 N–H and O–H groups in total. The molecule has 0 amide bonds. The molecule has 0 aromatic heterocycles. The summed E-state index contributed by atoms with van der Waals surface area (Å²) in [4.78, 5) is 23.1. The van der Waals surface area contributed by atoms with Gasteiger partial charge in [0, 0.05) is 16.5 Å². The summed E-state index contributed by atoms with van der Waals surface area (Å²) in [6, 6.07) is 4.65. The maximum atomic E-state index is 12.0. The van der Waals surface area contributed by atoms with Crippen molar-refractivity contribution < 1.29 is 14.3 Å². The zero-order chi connectivity index (χ0) is 13.0. The predicted octanol–water partition coefficient (Wildman–Crippen LogP) is 3.38. The molecule has 0 saturated carbocycles. The molecule has 0 aliphatic heterocycles. The molecule has 0 aliphatic rings. The highest BCUT2D eigenvalue weighted by molar-refractivity contribution is 6.36. The topological polar surface area (TPSA) is 43.4 Å². The summed E-state index contributed by atoms with van der Waals surface area (Å²) in [7, 11) is 1.29. The number of halogens is 2. The van der Waals surface area contributed by atoms with Gasteiger partial charge in [-0.3, -0.25) is 9.59 Å². The van der Waals surface area contributed by atoms with Crippen LogP contribution in [0.3, 0.4) is 0 Å². The molecule has 0 aliphatic carbocycles. The van der Waals surface area contributed by atoms with Crippen molar-refractivity contribution in [2.75, 3.05) is 7.11 Å². The smallest absolute Gasteiger partial charge is 0.306 e. The Labute approximate surface area is 110 Å². The fourth-order valence-corrected chi connectivity index (χ4v) is 1.88. The van der Waals surface area contributed by atoms with Gasteiger partial charge in [0.1, 0.15) is 0 Å². The number of methoxy groups -OCH3 is 1. The summed E-state index contributed by atoms with van der Waals surface area (Å²) in [5, 5.41) is 0.756. The molecule has 1 rings (SSSR count). The Morgan fingerprint density at radius 2 is 2.00 bits per heavy atom. The quantitative estimate of drug-likeness (QED) is 0.625. The number of esters is 1. The van der Waals surface area contributed by atoms with E-state index in [0.717, 1.165) is 0 Å². The largest absolute Gasteiger partial charge is 0.469 e. The molecule has 0 bridgehead atoms. The van der Waals surface area contributed by atoms with Crippen molar-refractivity contribution >= 4 is 35.0 Å². The van der Waals surface area contributed by atoms with Crippen LogP contribution in [0, 0.1) is 5.92 Å². The van der Waals surface area contributed by atoms with Crippen LogP contribution >= 0.6 is 23.2 Å².